The molecule has 1 aromatic heterocycles. The van der Waals surface area contributed by atoms with E-state index in [0.29, 0.717) is 6.04 Å². The Morgan fingerprint density at radius 2 is 2.17 bits per heavy atom. The fourth-order valence-electron chi connectivity index (χ4n) is 1.87. The Labute approximate surface area is 118 Å². The van der Waals surface area contributed by atoms with Gasteiger partial charge in [-0.05, 0) is 54.9 Å². The summed E-state index contributed by atoms with van der Waals surface area (Å²) in [6.45, 7) is 8.09. The van der Waals surface area contributed by atoms with Crippen LogP contribution in [0.4, 0.5) is 0 Å². The maximum atomic E-state index is 5.70. The van der Waals surface area contributed by atoms with Gasteiger partial charge in [0, 0.05) is 35.4 Å². The number of nitrogens with one attached hydrogen (secondary N) is 1. The van der Waals surface area contributed by atoms with E-state index in [4.69, 9.17) is 4.74 Å². The molecule has 1 rings (SSSR count). The lowest BCUT2D eigenvalue weighted by Crippen LogP contribution is -2.42. The second-order valence-electron chi connectivity index (χ2n) is 4.39. The van der Waals surface area contributed by atoms with Crippen molar-refractivity contribution in [2.24, 2.45) is 0 Å². The smallest absolute Gasteiger partial charge is 0.0703 e. The van der Waals surface area contributed by atoms with Crippen LogP contribution >= 0.6 is 15.9 Å². The summed E-state index contributed by atoms with van der Waals surface area (Å²) in [6.07, 6.45) is 4.07. The predicted molar refractivity (Wildman–Crippen MR) is 78.8 cm³/mol. The van der Waals surface area contributed by atoms with E-state index in [1.807, 2.05) is 19.2 Å². The molecule has 0 bridgehead atoms. The molecule has 0 fully saturated rings. The number of ether oxygens (including phenoxy) is 1. The molecule has 2 atom stereocenters. The molecule has 1 heterocycles. The van der Waals surface area contributed by atoms with Crippen molar-refractivity contribution in [2.75, 3.05) is 13.2 Å². The summed E-state index contributed by atoms with van der Waals surface area (Å²) in [7, 11) is 0. The average Bonchev–Trinajstić information content (AvgIpc) is 2.37. The summed E-state index contributed by atoms with van der Waals surface area (Å²) in [5.74, 6) is 0. The van der Waals surface area contributed by atoms with Crippen molar-refractivity contribution in [2.45, 2.75) is 45.8 Å². The molecule has 4 heteroatoms. The molecule has 18 heavy (non-hydrogen) atoms. The fraction of sp³-hybridized carbons (Fsp3) is 0.643. The van der Waals surface area contributed by atoms with Crippen LogP contribution in [0.25, 0.3) is 0 Å². The standard InChI is InChI=1S/C14H23BrN2O/c1-4-8-16-14(11(3)18-5-2)9-13-7-6-12(15)10-17-13/h6-7,10-11,14,16H,4-5,8-9H2,1-3H3. The Bertz CT molecular complexity index is 329. The molecule has 0 aliphatic heterocycles. The van der Waals surface area contributed by atoms with Crippen LogP contribution in [0.1, 0.15) is 32.9 Å². The zero-order valence-corrected chi connectivity index (χ0v) is 13.0. The number of hydrogen-bond acceptors (Lipinski definition) is 3. The van der Waals surface area contributed by atoms with Crippen LogP contribution in [0.5, 0.6) is 0 Å². The molecule has 0 aliphatic rings. The summed E-state index contributed by atoms with van der Waals surface area (Å²) in [4.78, 5) is 4.43. The van der Waals surface area contributed by atoms with Crippen LogP contribution in [0.2, 0.25) is 0 Å². The lowest BCUT2D eigenvalue weighted by Gasteiger charge is -2.24. The van der Waals surface area contributed by atoms with Gasteiger partial charge in [0.2, 0.25) is 0 Å². The van der Waals surface area contributed by atoms with E-state index < -0.39 is 0 Å². The van der Waals surface area contributed by atoms with Crippen molar-refractivity contribution in [3.8, 4) is 0 Å². The number of pyridine rings is 1. The van der Waals surface area contributed by atoms with Gasteiger partial charge in [0.15, 0.2) is 0 Å². The third kappa shape index (κ3) is 5.46. The maximum Gasteiger partial charge on any atom is 0.0703 e. The van der Waals surface area contributed by atoms with Crippen LogP contribution in [-0.4, -0.2) is 30.3 Å². The molecular formula is C14H23BrN2O. The Kier molecular flexibility index (Phi) is 7.47. The average molecular weight is 315 g/mol. The second-order valence-corrected chi connectivity index (χ2v) is 5.31. The molecule has 2 unspecified atom stereocenters. The predicted octanol–water partition coefficient (Wildman–Crippen LogP) is 3.18. The van der Waals surface area contributed by atoms with Gasteiger partial charge in [0.05, 0.1) is 6.10 Å². The lowest BCUT2D eigenvalue weighted by molar-refractivity contribution is 0.0474. The van der Waals surface area contributed by atoms with Gasteiger partial charge in [-0.2, -0.15) is 0 Å². The molecule has 0 amide bonds. The molecule has 3 nitrogen and oxygen atoms in total. The highest BCUT2D eigenvalue weighted by Gasteiger charge is 2.17. The molecule has 0 radical (unpaired) electrons. The third-order valence-corrected chi connectivity index (χ3v) is 3.34. The van der Waals surface area contributed by atoms with Crippen LogP contribution in [-0.2, 0) is 11.2 Å². The van der Waals surface area contributed by atoms with Crippen LogP contribution in [0, 0.1) is 0 Å². The highest BCUT2D eigenvalue weighted by atomic mass is 79.9. The van der Waals surface area contributed by atoms with E-state index in [9.17, 15) is 0 Å². The highest BCUT2D eigenvalue weighted by Crippen LogP contribution is 2.11. The summed E-state index contributed by atoms with van der Waals surface area (Å²) in [5, 5.41) is 3.54. The molecule has 0 saturated heterocycles. The number of aromatic nitrogens is 1. The number of halogens is 1. The topological polar surface area (TPSA) is 34.2 Å². The summed E-state index contributed by atoms with van der Waals surface area (Å²) in [5.41, 5.74) is 1.10. The number of hydrogen-bond donors (Lipinski definition) is 1. The van der Waals surface area contributed by atoms with Crippen molar-refractivity contribution in [1.82, 2.24) is 10.3 Å². The van der Waals surface area contributed by atoms with Gasteiger partial charge in [-0.25, -0.2) is 0 Å². The van der Waals surface area contributed by atoms with Crippen molar-refractivity contribution in [1.29, 1.82) is 0 Å². The van der Waals surface area contributed by atoms with Crippen LogP contribution < -0.4 is 5.32 Å². The lowest BCUT2D eigenvalue weighted by atomic mass is 10.1. The Morgan fingerprint density at radius 1 is 1.39 bits per heavy atom. The van der Waals surface area contributed by atoms with E-state index in [1.165, 1.54) is 0 Å². The van der Waals surface area contributed by atoms with Crippen molar-refractivity contribution in [3.63, 3.8) is 0 Å². The Morgan fingerprint density at radius 3 is 2.72 bits per heavy atom. The normalized spacial score (nSPS) is 14.4. The summed E-state index contributed by atoms with van der Waals surface area (Å²) < 4.78 is 6.71. The van der Waals surface area contributed by atoms with Gasteiger partial charge in [-0.3, -0.25) is 4.98 Å². The van der Waals surface area contributed by atoms with Gasteiger partial charge < -0.3 is 10.1 Å². The largest absolute Gasteiger partial charge is 0.377 e. The molecule has 0 spiro atoms. The van der Waals surface area contributed by atoms with Crippen LogP contribution in [0.3, 0.4) is 0 Å². The first-order chi connectivity index (χ1) is 8.67. The molecule has 1 N–H and O–H groups in total. The first kappa shape index (κ1) is 15.6. The van der Waals surface area contributed by atoms with Gasteiger partial charge in [-0.1, -0.05) is 6.92 Å². The second kappa shape index (κ2) is 8.62. The minimum Gasteiger partial charge on any atom is -0.377 e. The van der Waals surface area contributed by atoms with E-state index in [-0.39, 0.29) is 6.10 Å². The zero-order chi connectivity index (χ0) is 13.4. The molecule has 0 saturated carbocycles. The third-order valence-electron chi connectivity index (χ3n) is 2.87. The summed E-state index contributed by atoms with van der Waals surface area (Å²) in [6, 6.07) is 4.41. The fourth-order valence-corrected chi connectivity index (χ4v) is 2.10. The Balaban J connectivity index is 2.61. The molecule has 102 valence electrons. The highest BCUT2D eigenvalue weighted by molar-refractivity contribution is 9.10. The molecule has 0 aliphatic carbocycles. The van der Waals surface area contributed by atoms with Gasteiger partial charge in [0.25, 0.3) is 0 Å². The first-order valence-electron chi connectivity index (χ1n) is 6.62. The molecule has 0 aromatic carbocycles. The zero-order valence-electron chi connectivity index (χ0n) is 11.4. The summed E-state index contributed by atoms with van der Waals surface area (Å²) >= 11 is 3.40. The molecule has 1 aromatic rings. The molecular weight excluding hydrogens is 292 g/mol. The van der Waals surface area contributed by atoms with Gasteiger partial charge in [-0.15, -0.1) is 0 Å². The maximum absolute atomic E-state index is 5.70. The minimum absolute atomic E-state index is 0.201. The monoisotopic (exact) mass is 314 g/mol. The SMILES string of the molecule is CCCNC(Cc1ccc(Br)cn1)C(C)OCC. The van der Waals surface area contributed by atoms with Crippen LogP contribution in [0.15, 0.2) is 22.8 Å². The van der Waals surface area contributed by atoms with Crippen molar-refractivity contribution < 1.29 is 4.74 Å². The van der Waals surface area contributed by atoms with E-state index in [0.717, 1.165) is 36.2 Å². The van der Waals surface area contributed by atoms with Gasteiger partial charge >= 0.3 is 0 Å². The van der Waals surface area contributed by atoms with Crippen molar-refractivity contribution in [3.05, 3.63) is 28.5 Å². The quantitative estimate of drug-likeness (QED) is 0.800. The number of nitrogens with zero attached hydrogens (tertiary/aromatic N) is 1. The Hall–Kier alpha value is -0.450. The first-order valence-corrected chi connectivity index (χ1v) is 7.42. The van der Waals surface area contributed by atoms with Crippen molar-refractivity contribution >= 4 is 15.9 Å². The van der Waals surface area contributed by atoms with E-state index in [2.05, 4.69) is 46.1 Å². The van der Waals surface area contributed by atoms with Gasteiger partial charge in [0.1, 0.15) is 0 Å². The van der Waals surface area contributed by atoms with E-state index >= 15 is 0 Å². The minimum atomic E-state index is 0.201. The number of rotatable bonds is 8. The van der Waals surface area contributed by atoms with E-state index in [1.54, 1.807) is 0 Å².